The lowest BCUT2D eigenvalue weighted by molar-refractivity contribution is -0.144. The number of hydrogen-bond acceptors (Lipinski definition) is 6. The van der Waals surface area contributed by atoms with E-state index in [9.17, 15) is 14.7 Å². The number of hydrogen-bond donors (Lipinski definition) is 2. The minimum absolute atomic E-state index is 0.0650. The molecule has 130 valence electrons. The zero-order chi connectivity index (χ0) is 16.7. The number of aliphatic hydroxyl groups is 1. The van der Waals surface area contributed by atoms with Crippen LogP contribution in [0.15, 0.2) is 11.6 Å². The van der Waals surface area contributed by atoms with E-state index in [-0.39, 0.29) is 11.9 Å². The summed E-state index contributed by atoms with van der Waals surface area (Å²) in [5.41, 5.74) is 0.966. The van der Waals surface area contributed by atoms with E-state index in [4.69, 9.17) is 4.74 Å². The molecule has 0 radical (unpaired) electrons. The average Bonchev–Trinajstić information content (AvgIpc) is 2.54. The first kappa shape index (κ1) is 17.9. The Kier molecular flexibility index (Phi) is 7.01. The number of rotatable bonds is 6. The molecule has 0 aromatic heterocycles. The number of piperazine rings is 1. The van der Waals surface area contributed by atoms with Gasteiger partial charge in [0.15, 0.2) is 0 Å². The van der Waals surface area contributed by atoms with E-state index in [2.05, 4.69) is 5.32 Å². The van der Waals surface area contributed by atoms with Crippen molar-refractivity contribution in [3.05, 3.63) is 11.6 Å². The fraction of sp³-hybridized carbons (Fsp3) is 0.750. The molecule has 2 saturated heterocycles. The van der Waals surface area contributed by atoms with Gasteiger partial charge >= 0.3 is 5.97 Å². The molecule has 0 aromatic rings. The van der Waals surface area contributed by atoms with Gasteiger partial charge < -0.3 is 20.1 Å². The Morgan fingerprint density at radius 1 is 1.48 bits per heavy atom. The minimum Gasteiger partial charge on any atom is -0.466 e. The van der Waals surface area contributed by atoms with E-state index in [0.29, 0.717) is 45.8 Å². The lowest BCUT2D eigenvalue weighted by Gasteiger charge is -2.34. The Hall–Kier alpha value is -1.44. The first-order chi connectivity index (χ1) is 11.1. The zero-order valence-electron chi connectivity index (χ0n) is 13.8. The summed E-state index contributed by atoms with van der Waals surface area (Å²) in [4.78, 5) is 27.3. The molecule has 0 bridgehead atoms. The number of nitrogens with one attached hydrogen (secondary N) is 1. The van der Waals surface area contributed by atoms with Crippen LogP contribution in [-0.2, 0) is 14.3 Å². The highest BCUT2D eigenvalue weighted by Crippen LogP contribution is 2.11. The predicted octanol–water partition coefficient (Wildman–Crippen LogP) is -0.636. The van der Waals surface area contributed by atoms with E-state index in [1.807, 2.05) is 11.0 Å². The van der Waals surface area contributed by atoms with Crippen molar-refractivity contribution in [3.8, 4) is 0 Å². The highest BCUT2D eigenvalue weighted by molar-refractivity contribution is 5.79. The van der Waals surface area contributed by atoms with Gasteiger partial charge in [-0.3, -0.25) is 14.5 Å². The fourth-order valence-corrected chi connectivity index (χ4v) is 2.83. The van der Waals surface area contributed by atoms with Gasteiger partial charge in [0.05, 0.1) is 25.7 Å². The molecule has 0 spiro atoms. The molecule has 1 amide bonds. The van der Waals surface area contributed by atoms with Crippen LogP contribution >= 0.6 is 0 Å². The topological polar surface area (TPSA) is 82.1 Å². The van der Waals surface area contributed by atoms with Crippen LogP contribution in [0.4, 0.5) is 0 Å². The maximum Gasteiger partial charge on any atom is 0.307 e. The standard InChI is InChI=1S/C16H27N3O4/c1-2-23-16(22)5-7-18-9-10-19(15(21)12-18)8-4-13-11-17-6-3-14(13)20/h4,14,17,20H,2-3,5-12H2,1H3. The van der Waals surface area contributed by atoms with Crippen molar-refractivity contribution >= 4 is 11.9 Å². The first-order valence-corrected chi connectivity index (χ1v) is 8.33. The lowest BCUT2D eigenvalue weighted by atomic mass is 10.0. The number of carbonyl (C=O) groups excluding carboxylic acids is 2. The van der Waals surface area contributed by atoms with Gasteiger partial charge in [0.25, 0.3) is 0 Å². The number of carbonyl (C=O) groups is 2. The van der Waals surface area contributed by atoms with Crippen LogP contribution in [-0.4, -0.2) is 85.3 Å². The molecule has 0 aliphatic carbocycles. The molecule has 2 fully saturated rings. The molecule has 2 heterocycles. The Bertz CT molecular complexity index is 453. The third-order valence-electron chi connectivity index (χ3n) is 4.26. The second kappa shape index (κ2) is 9.00. The fourth-order valence-electron chi connectivity index (χ4n) is 2.83. The third-order valence-corrected chi connectivity index (χ3v) is 4.26. The van der Waals surface area contributed by atoms with E-state index in [1.54, 1.807) is 11.8 Å². The quantitative estimate of drug-likeness (QED) is 0.500. The Balaban J connectivity index is 1.74. The summed E-state index contributed by atoms with van der Waals surface area (Å²) in [7, 11) is 0. The number of piperidine rings is 1. The smallest absolute Gasteiger partial charge is 0.307 e. The maximum absolute atomic E-state index is 12.2. The third kappa shape index (κ3) is 5.60. The van der Waals surface area contributed by atoms with Crippen molar-refractivity contribution in [1.82, 2.24) is 15.1 Å². The molecule has 7 heteroatoms. The van der Waals surface area contributed by atoms with Crippen molar-refractivity contribution in [2.75, 3.05) is 52.4 Å². The highest BCUT2D eigenvalue weighted by Gasteiger charge is 2.24. The van der Waals surface area contributed by atoms with Crippen molar-refractivity contribution in [2.45, 2.75) is 25.9 Å². The Morgan fingerprint density at radius 3 is 3.00 bits per heavy atom. The molecule has 2 N–H and O–H groups in total. The average molecular weight is 325 g/mol. The molecular weight excluding hydrogens is 298 g/mol. The molecule has 23 heavy (non-hydrogen) atoms. The monoisotopic (exact) mass is 325 g/mol. The predicted molar refractivity (Wildman–Crippen MR) is 85.8 cm³/mol. The van der Waals surface area contributed by atoms with Crippen LogP contribution in [0.2, 0.25) is 0 Å². The highest BCUT2D eigenvalue weighted by atomic mass is 16.5. The van der Waals surface area contributed by atoms with E-state index >= 15 is 0 Å². The Labute approximate surface area is 137 Å². The second-order valence-corrected chi connectivity index (χ2v) is 5.93. The molecule has 7 nitrogen and oxygen atoms in total. The van der Waals surface area contributed by atoms with Gasteiger partial charge in [0.1, 0.15) is 0 Å². The van der Waals surface area contributed by atoms with Gasteiger partial charge in [-0.1, -0.05) is 6.08 Å². The van der Waals surface area contributed by atoms with E-state index < -0.39 is 6.10 Å². The molecule has 0 saturated carbocycles. The number of amides is 1. The van der Waals surface area contributed by atoms with E-state index in [0.717, 1.165) is 25.1 Å². The molecule has 1 unspecified atom stereocenters. The molecule has 0 aromatic carbocycles. The van der Waals surface area contributed by atoms with Crippen molar-refractivity contribution in [2.24, 2.45) is 0 Å². The molecule has 2 aliphatic heterocycles. The largest absolute Gasteiger partial charge is 0.466 e. The summed E-state index contributed by atoms with van der Waals surface area (Å²) in [5, 5.41) is 13.1. The van der Waals surface area contributed by atoms with Crippen LogP contribution < -0.4 is 5.32 Å². The summed E-state index contributed by atoms with van der Waals surface area (Å²) in [5.74, 6) is -0.152. The SMILES string of the molecule is CCOC(=O)CCN1CCN(CC=C2CNCCC2O)C(=O)C1. The van der Waals surface area contributed by atoms with Crippen LogP contribution in [0.5, 0.6) is 0 Å². The molecule has 2 aliphatic rings. The Morgan fingerprint density at radius 2 is 2.30 bits per heavy atom. The van der Waals surface area contributed by atoms with Gasteiger partial charge in [0.2, 0.25) is 5.91 Å². The van der Waals surface area contributed by atoms with Crippen molar-refractivity contribution in [1.29, 1.82) is 0 Å². The molecule has 2 rings (SSSR count). The van der Waals surface area contributed by atoms with Crippen LogP contribution in [0.1, 0.15) is 19.8 Å². The van der Waals surface area contributed by atoms with Crippen LogP contribution in [0, 0.1) is 0 Å². The summed E-state index contributed by atoms with van der Waals surface area (Å²) in [6.07, 6.45) is 2.62. The lowest BCUT2D eigenvalue weighted by Crippen LogP contribution is -2.50. The number of esters is 1. The summed E-state index contributed by atoms with van der Waals surface area (Å²) in [6, 6.07) is 0. The number of aliphatic hydroxyl groups excluding tert-OH is 1. The first-order valence-electron chi connectivity index (χ1n) is 8.33. The number of nitrogens with zero attached hydrogens (tertiary/aromatic N) is 2. The van der Waals surface area contributed by atoms with E-state index in [1.165, 1.54) is 0 Å². The zero-order valence-corrected chi connectivity index (χ0v) is 13.8. The van der Waals surface area contributed by atoms with Gasteiger partial charge in [-0.15, -0.1) is 0 Å². The maximum atomic E-state index is 12.2. The molecule has 1 atom stereocenters. The van der Waals surface area contributed by atoms with Crippen molar-refractivity contribution < 1.29 is 19.4 Å². The van der Waals surface area contributed by atoms with Crippen LogP contribution in [0.3, 0.4) is 0 Å². The summed E-state index contributed by atoms with van der Waals surface area (Å²) in [6.45, 7) is 6.54. The van der Waals surface area contributed by atoms with Gasteiger partial charge in [-0.05, 0) is 25.5 Å². The summed E-state index contributed by atoms with van der Waals surface area (Å²) < 4.78 is 4.90. The molecular formula is C16H27N3O4. The van der Waals surface area contributed by atoms with Gasteiger partial charge in [-0.2, -0.15) is 0 Å². The van der Waals surface area contributed by atoms with Crippen LogP contribution in [0.25, 0.3) is 0 Å². The number of ether oxygens (including phenoxy) is 1. The minimum atomic E-state index is -0.391. The second-order valence-electron chi connectivity index (χ2n) is 5.93. The normalized spacial score (nSPS) is 25.0. The van der Waals surface area contributed by atoms with Gasteiger partial charge in [0, 0.05) is 32.7 Å². The summed E-state index contributed by atoms with van der Waals surface area (Å²) >= 11 is 0. The van der Waals surface area contributed by atoms with Gasteiger partial charge in [-0.25, -0.2) is 0 Å². The van der Waals surface area contributed by atoms with Crippen molar-refractivity contribution in [3.63, 3.8) is 0 Å².